The van der Waals surface area contributed by atoms with Crippen molar-refractivity contribution in [1.82, 2.24) is 4.98 Å². The van der Waals surface area contributed by atoms with Gasteiger partial charge in [-0.05, 0) is 36.4 Å². The molecule has 2 amide bonds. The molecule has 142 valence electrons. The monoisotopic (exact) mass is 475 g/mol. The summed E-state index contributed by atoms with van der Waals surface area (Å²) in [4.78, 5) is 31.1. The van der Waals surface area contributed by atoms with Crippen molar-refractivity contribution in [3.63, 3.8) is 0 Å². The molecule has 5 nitrogen and oxygen atoms in total. The van der Waals surface area contributed by atoms with E-state index >= 15 is 0 Å². The normalized spacial score (nSPS) is 16.4. The second kappa shape index (κ2) is 8.03. The predicted molar refractivity (Wildman–Crippen MR) is 116 cm³/mol. The number of nitrogens with zero attached hydrogens (tertiary/aromatic N) is 2. The summed E-state index contributed by atoms with van der Waals surface area (Å²) in [6, 6.07) is 14.9. The van der Waals surface area contributed by atoms with Gasteiger partial charge in [0.25, 0.3) is 0 Å². The van der Waals surface area contributed by atoms with Crippen molar-refractivity contribution < 1.29 is 9.59 Å². The molecule has 2 aromatic carbocycles. The lowest BCUT2D eigenvalue weighted by atomic mass is 10.1. The van der Waals surface area contributed by atoms with Gasteiger partial charge in [0.2, 0.25) is 11.8 Å². The summed E-state index contributed by atoms with van der Waals surface area (Å²) in [5, 5.41) is 5.88. The highest BCUT2D eigenvalue weighted by Gasteiger charge is 2.35. The summed E-state index contributed by atoms with van der Waals surface area (Å²) in [5.74, 6) is -0.679. The molecule has 1 atom stereocenters. The van der Waals surface area contributed by atoms with Crippen molar-refractivity contribution in [3.05, 3.63) is 63.4 Å². The SMILES string of the molecule is O=C(Nc1nc(-c2ccc(Br)cc2)cs1)C1CC(=O)N(c2ccc(Cl)cc2)C1. The summed E-state index contributed by atoms with van der Waals surface area (Å²) in [6.45, 7) is 0.344. The Hall–Kier alpha value is -2.22. The van der Waals surface area contributed by atoms with Crippen molar-refractivity contribution >= 4 is 61.5 Å². The van der Waals surface area contributed by atoms with Crippen LogP contribution in [0.2, 0.25) is 5.02 Å². The van der Waals surface area contributed by atoms with E-state index in [0.29, 0.717) is 16.7 Å². The van der Waals surface area contributed by atoms with Crippen LogP contribution in [0.5, 0.6) is 0 Å². The Morgan fingerprint density at radius 2 is 1.89 bits per heavy atom. The molecule has 1 saturated heterocycles. The third-order valence-corrected chi connectivity index (χ3v) is 6.05. The van der Waals surface area contributed by atoms with E-state index in [-0.39, 0.29) is 18.2 Å². The number of halogens is 2. The Kier molecular flexibility index (Phi) is 5.48. The van der Waals surface area contributed by atoms with Crippen LogP contribution in [0.15, 0.2) is 58.4 Å². The van der Waals surface area contributed by atoms with Crippen LogP contribution in [0.4, 0.5) is 10.8 Å². The number of aromatic nitrogens is 1. The van der Waals surface area contributed by atoms with Crippen LogP contribution in [0, 0.1) is 5.92 Å². The third kappa shape index (κ3) is 4.11. The molecular formula is C20H15BrClN3O2S. The number of nitrogens with one attached hydrogen (secondary N) is 1. The number of amides is 2. The molecule has 1 aliphatic heterocycles. The predicted octanol–water partition coefficient (Wildman–Crippen LogP) is 5.22. The van der Waals surface area contributed by atoms with Gasteiger partial charge < -0.3 is 10.2 Å². The number of benzene rings is 2. The summed E-state index contributed by atoms with van der Waals surface area (Å²) < 4.78 is 0.996. The summed E-state index contributed by atoms with van der Waals surface area (Å²) >= 11 is 10.7. The van der Waals surface area contributed by atoms with E-state index in [4.69, 9.17) is 11.6 Å². The first kappa shape index (κ1) is 19.1. The minimum absolute atomic E-state index is 0.0721. The first-order valence-corrected chi connectivity index (χ1v) is 10.6. The molecule has 4 rings (SSSR count). The van der Waals surface area contributed by atoms with Gasteiger partial charge in [0.15, 0.2) is 5.13 Å². The van der Waals surface area contributed by atoms with Gasteiger partial charge in [0.1, 0.15) is 0 Å². The quantitative estimate of drug-likeness (QED) is 0.562. The average molecular weight is 477 g/mol. The van der Waals surface area contributed by atoms with Crippen molar-refractivity contribution in [1.29, 1.82) is 0 Å². The van der Waals surface area contributed by atoms with Crippen LogP contribution in [0.1, 0.15) is 6.42 Å². The zero-order valence-electron chi connectivity index (χ0n) is 14.6. The molecule has 1 N–H and O–H groups in total. The number of carbonyl (C=O) groups is 2. The van der Waals surface area contributed by atoms with Crippen molar-refractivity contribution in [2.45, 2.75) is 6.42 Å². The lowest BCUT2D eigenvalue weighted by Crippen LogP contribution is -2.28. The minimum Gasteiger partial charge on any atom is -0.312 e. The molecule has 0 aliphatic carbocycles. The zero-order valence-corrected chi connectivity index (χ0v) is 17.7. The standard InChI is InChI=1S/C20H15BrClN3O2S/c21-14-3-1-12(2-4-14)17-11-28-20(23-17)24-19(27)13-9-18(26)25(10-13)16-7-5-15(22)6-8-16/h1-8,11,13H,9-10H2,(H,23,24,27). The van der Waals surface area contributed by atoms with Gasteiger partial charge in [-0.2, -0.15) is 0 Å². The Morgan fingerprint density at radius 1 is 1.18 bits per heavy atom. The largest absolute Gasteiger partial charge is 0.312 e. The highest BCUT2D eigenvalue weighted by molar-refractivity contribution is 9.10. The maximum atomic E-state index is 12.6. The van der Waals surface area contributed by atoms with Gasteiger partial charge in [0.05, 0.1) is 11.6 Å². The van der Waals surface area contributed by atoms with Gasteiger partial charge in [0, 0.05) is 39.1 Å². The van der Waals surface area contributed by atoms with Gasteiger partial charge in [-0.1, -0.05) is 39.7 Å². The van der Waals surface area contributed by atoms with Gasteiger partial charge >= 0.3 is 0 Å². The molecule has 0 bridgehead atoms. The van der Waals surface area contributed by atoms with E-state index in [0.717, 1.165) is 21.4 Å². The second-order valence-electron chi connectivity index (χ2n) is 6.42. The lowest BCUT2D eigenvalue weighted by molar-refractivity contribution is -0.122. The highest BCUT2D eigenvalue weighted by atomic mass is 79.9. The maximum Gasteiger partial charge on any atom is 0.231 e. The molecule has 3 aromatic rings. The van der Waals surface area contributed by atoms with E-state index < -0.39 is 5.92 Å². The molecule has 0 radical (unpaired) electrons. The number of rotatable bonds is 4. The molecule has 1 unspecified atom stereocenters. The molecule has 2 heterocycles. The van der Waals surface area contributed by atoms with Crippen LogP contribution in [0.3, 0.4) is 0 Å². The van der Waals surface area contributed by atoms with Crippen molar-refractivity contribution in [3.8, 4) is 11.3 Å². The van der Waals surface area contributed by atoms with Gasteiger partial charge in [-0.15, -0.1) is 11.3 Å². The first-order valence-electron chi connectivity index (χ1n) is 8.58. The van der Waals surface area contributed by atoms with Gasteiger partial charge in [-0.3, -0.25) is 9.59 Å². The molecule has 28 heavy (non-hydrogen) atoms. The number of thiazole rings is 1. The second-order valence-corrected chi connectivity index (χ2v) is 8.63. The van der Waals surface area contributed by atoms with Crippen LogP contribution in [0.25, 0.3) is 11.3 Å². The van der Waals surface area contributed by atoms with Gasteiger partial charge in [-0.25, -0.2) is 4.98 Å². The third-order valence-electron chi connectivity index (χ3n) is 4.51. The fraction of sp³-hybridized carbons (Fsp3) is 0.150. The smallest absolute Gasteiger partial charge is 0.231 e. The Balaban J connectivity index is 1.42. The van der Waals surface area contributed by atoms with E-state index in [2.05, 4.69) is 26.2 Å². The topological polar surface area (TPSA) is 62.3 Å². The van der Waals surface area contributed by atoms with Crippen LogP contribution in [-0.4, -0.2) is 23.3 Å². The molecule has 0 spiro atoms. The summed E-state index contributed by atoms with van der Waals surface area (Å²) in [5.41, 5.74) is 2.53. The number of hydrogen-bond acceptors (Lipinski definition) is 4. The number of hydrogen-bond donors (Lipinski definition) is 1. The zero-order chi connectivity index (χ0) is 19.7. The fourth-order valence-electron chi connectivity index (χ4n) is 3.05. The van der Waals surface area contributed by atoms with E-state index in [1.54, 1.807) is 29.2 Å². The van der Waals surface area contributed by atoms with Crippen molar-refractivity contribution in [2.75, 3.05) is 16.8 Å². The van der Waals surface area contributed by atoms with Crippen LogP contribution >= 0.6 is 38.9 Å². The number of anilines is 2. The maximum absolute atomic E-state index is 12.6. The molecule has 1 fully saturated rings. The molecule has 8 heteroatoms. The molecule has 1 aliphatic rings. The summed E-state index contributed by atoms with van der Waals surface area (Å²) in [7, 11) is 0. The molecular weight excluding hydrogens is 462 g/mol. The molecule has 1 aromatic heterocycles. The van der Waals surface area contributed by atoms with Crippen LogP contribution < -0.4 is 10.2 Å². The molecule has 0 saturated carbocycles. The van der Waals surface area contributed by atoms with E-state index in [1.807, 2.05) is 29.6 Å². The summed E-state index contributed by atoms with van der Waals surface area (Å²) in [6.07, 6.45) is 0.180. The van der Waals surface area contributed by atoms with Crippen molar-refractivity contribution in [2.24, 2.45) is 5.92 Å². The van der Waals surface area contributed by atoms with E-state index in [9.17, 15) is 9.59 Å². The Morgan fingerprint density at radius 3 is 2.61 bits per heavy atom. The minimum atomic E-state index is -0.414. The van der Waals surface area contributed by atoms with Crippen LogP contribution in [-0.2, 0) is 9.59 Å². The Bertz CT molecular complexity index is 1020. The van der Waals surface area contributed by atoms with E-state index in [1.165, 1.54) is 11.3 Å². The highest BCUT2D eigenvalue weighted by Crippen LogP contribution is 2.29. The fourth-order valence-corrected chi connectivity index (χ4v) is 4.16. The first-order chi connectivity index (χ1) is 13.5. The lowest BCUT2D eigenvalue weighted by Gasteiger charge is -2.16. The Labute approximate surface area is 179 Å². The number of carbonyl (C=O) groups excluding carboxylic acids is 2. The average Bonchev–Trinajstić information content (AvgIpc) is 3.30.